The monoisotopic (exact) mass is 877 g/mol. The van der Waals surface area contributed by atoms with Crippen molar-refractivity contribution in [1.29, 1.82) is 0 Å². The van der Waals surface area contributed by atoms with E-state index in [-0.39, 0.29) is 12.0 Å². The highest BCUT2D eigenvalue weighted by Crippen LogP contribution is 2.64. The first-order valence-corrected chi connectivity index (χ1v) is 23.7. The Morgan fingerprint density at radius 3 is 2.10 bits per heavy atom. The second-order valence-corrected chi connectivity index (χ2v) is 18.0. The van der Waals surface area contributed by atoms with Gasteiger partial charge in [0.2, 0.25) is 0 Å². The van der Waals surface area contributed by atoms with Gasteiger partial charge in [0.1, 0.15) is 0 Å². The van der Waals surface area contributed by atoms with Gasteiger partial charge in [-0.15, -0.1) is 0 Å². The van der Waals surface area contributed by atoms with Crippen molar-refractivity contribution in [1.82, 2.24) is 0 Å². The molecule has 0 aromatic heterocycles. The van der Waals surface area contributed by atoms with Crippen molar-refractivity contribution >= 4 is 39.4 Å². The van der Waals surface area contributed by atoms with Crippen molar-refractivity contribution in [2.75, 3.05) is 18.1 Å². The number of rotatable bonds is 11. The Kier molecular flexibility index (Phi) is 14.0. The van der Waals surface area contributed by atoms with Gasteiger partial charge in [0.05, 0.1) is 12.0 Å². The first kappa shape index (κ1) is 46.5. The topological polar surface area (TPSA) is 49.5 Å². The molecule has 1 spiro atoms. The average Bonchev–Trinajstić information content (AvgIpc) is 3.79. The zero-order valence-electron chi connectivity index (χ0n) is 40.3. The molecule has 0 saturated heterocycles. The van der Waals surface area contributed by atoms with Gasteiger partial charge in [-0.25, -0.2) is 0 Å². The van der Waals surface area contributed by atoms with Crippen LogP contribution in [0.3, 0.4) is 0 Å². The van der Waals surface area contributed by atoms with Gasteiger partial charge in [0.15, 0.2) is 0 Å². The summed E-state index contributed by atoms with van der Waals surface area (Å²) in [6.45, 7) is 19.9. The molecule has 0 fully saturated rings. The molecule has 3 nitrogen and oxygen atoms in total. The lowest BCUT2D eigenvalue weighted by molar-refractivity contribution is 0.342. The van der Waals surface area contributed by atoms with Gasteiger partial charge in [-0.1, -0.05) is 165 Å². The van der Waals surface area contributed by atoms with Crippen LogP contribution in [0.5, 0.6) is 0 Å². The number of hydrogen-bond donors (Lipinski definition) is 2. The Hall–Kier alpha value is -7.04. The van der Waals surface area contributed by atoms with Crippen LogP contribution in [-0.4, -0.2) is 18.3 Å². The number of anilines is 3. The second kappa shape index (κ2) is 20.2. The molecule has 67 heavy (non-hydrogen) atoms. The summed E-state index contributed by atoms with van der Waals surface area (Å²) in [5.74, 6) is 0.388. The fourth-order valence-corrected chi connectivity index (χ4v) is 10.5. The first-order valence-electron chi connectivity index (χ1n) is 23.7. The van der Waals surface area contributed by atoms with Gasteiger partial charge in [0.25, 0.3) is 0 Å². The molecule has 336 valence electrons. The number of aliphatic hydroxyl groups is 1. The molecule has 3 heteroatoms. The molecular weight excluding hydrogens is 813 g/mol. The van der Waals surface area contributed by atoms with E-state index in [2.05, 4.69) is 206 Å². The molecular formula is C64H64N2O. The van der Waals surface area contributed by atoms with Crippen LogP contribution in [0.4, 0.5) is 17.1 Å². The standard InChI is InChI=1S/C57H56N2O.C7H8/c1-8-14-53-41(7)49-17-10-11-19-54(49)57(53)55-36-48(30-31-50(55)51-18-12-15-39(5)56(51)57)59(46-26-22-43(23-27-46)42(9-2)32-33-58)47-28-24-44(25-29-47)45-21-20-38(4)52(35-45)40(6)37(3)16-13-34-60;1-7-5-3-2-4-6-7/h8-14,16-32,35-36,39,60H,2,15,33-34,58H2,1,3-7H3;2-6H,1H3/b14-8-,16-13-,40-37+,42-32+;. The lowest BCUT2D eigenvalue weighted by Crippen LogP contribution is -2.31. The summed E-state index contributed by atoms with van der Waals surface area (Å²) in [5.41, 5.74) is 30.3. The van der Waals surface area contributed by atoms with Crippen LogP contribution in [-0.2, 0) is 5.41 Å². The maximum atomic E-state index is 9.37. The molecule has 3 aliphatic carbocycles. The van der Waals surface area contributed by atoms with E-state index in [9.17, 15) is 5.11 Å². The van der Waals surface area contributed by atoms with Crippen molar-refractivity contribution in [2.45, 2.75) is 60.3 Å². The number of hydrogen-bond acceptors (Lipinski definition) is 3. The molecule has 6 aromatic rings. The lowest BCUT2D eigenvalue weighted by Gasteiger charge is -2.37. The van der Waals surface area contributed by atoms with Crippen LogP contribution in [0.1, 0.15) is 85.5 Å². The van der Waals surface area contributed by atoms with Gasteiger partial charge >= 0.3 is 0 Å². The van der Waals surface area contributed by atoms with Crippen molar-refractivity contribution in [3.05, 3.63) is 256 Å². The number of allylic oxidation sites excluding steroid dienone is 13. The van der Waals surface area contributed by atoms with Gasteiger partial charge in [-0.2, -0.15) is 0 Å². The molecule has 3 aliphatic rings. The predicted octanol–water partition coefficient (Wildman–Crippen LogP) is 16.0. The van der Waals surface area contributed by atoms with Crippen molar-refractivity contribution < 1.29 is 5.11 Å². The molecule has 0 aliphatic heterocycles. The third-order valence-corrected chi connectivity index (χ3v) is 13.9. The summed E-state index contributed by atoms with van der Waals surface area (Å²) in [6.07, 6.45) is 18.0. The van der Waals surface area contributed by atoms with Crippen molar-refractivity contribution in [3.63, 3.8) is 0 Å². The van der Waals surface area contributed by atoms with E-state index in [1.165, 1.54) is 66.8 Å². The summed E-state index contributed by atoms with van der Waals surface area (Å²) < 4.78 is 0. The van der Waals surface area contributed by atoms with E-state index in [1.54, 1.807) is 6.08 Å². The van der Waals surface area contributed by atoms with Crippen molar-refractivity contribution in [2.24, 2.45) is 11.7 Å². The summed E-state index contributed by atoms with van der Waals surface area (Å²) in [7, 11) is 0. The second-order valence-electron chi connectivity index (χ2n) is 18.0. The van der Waals surface area contributed by atoms with Crippen LogP contribution in [0, 0.1) is 19.8 Å². The fourth-order valence-electron chi connectivity index (χ4n) is 10.5. The SMILES string of the molecule is C=C/C(=C\CN)c1ccc(N(c2ccc(-c3ccc(C)c(/C(C)=C(C)/C=C\CO)c3)cc2)c2ccc3c(c2)C2(C(/C=C\C)=C(C)c4ccccc42)C2=C3C=CCC2C)cc1.Cc1ccccc1. The van der Waals surface area contributed by atoms with E-state index in [1.807, 2.05) is 36.4 Å². The van der Waals surface area contributed by atoms with Crippen LogP contribution >= 0.6 is 0 Å². The third-order valence-electron chi connectivity index (χ3n) is 13.9. The van der Waals surface area contributed by atoms with Gasteiger partial charge in [-0.05, 0) is 185 Å². The Labute approximate surface area is 399 Å². The minimum absolute atomic E-state index is 0.0299. The van der Waals surface area contributed by atoms with Crippen LogP contribution in [0.25, 0.3) is 33.4 Å². The zero-order valence-corrected chi connectivity index (χ0v) is 40.3. The zero-order chi connectivity index (χ0) is 47.2. The Bertz CT molecular complexity index is 3020. The maximum absolute atomic E-state index is 9.37. The number of nitrogens with two attached hydrogens (primary N) is 1. The minimum Gasteiger partial charge on any atom is -0.392 e. The highest BCUT2D eigenvalue weighted by atomic mass is 16.2. The molecule has 0 amide bonds. The molecule has 2 atom stereocenters. The van der Waals surface area contributed by atoms with E-state index in [4.69, 9.17) is 5.73 Å². The van der Waals surface area contributed by atoms with Gasteiger partial charge in [-0.3, -0.25) is 0 Å². The molecule has 0 bridgehead atoms. The molecule has 2 unspecified atom stereocenters. The molecule has 6 aromatic carbocycles. The fraction of sp³-hybridized carbons (Fsp3) is 0.188. The largest absolute Gasteiger partial charge is 0.392 e. The molecule has 0 saturated carbocycles. The van der Waals surface area contributed by atoms with Crippen LogP contribution in [0.2, 0.25) is 0 Å². The smallest absolute Gasteiger partial charge is 0.0688 e. The number of aliphatic hydroxyl groups excluding tert-OH is 1. The van der Waals surface area contributed by atoms with E-state index >= 15 is 0 Å². The average molecular weight is 877 g/mol. The van der Waals surface area contributed by atoms with Crippen LogP contribution in [0.15, 0.2) is 211 Å². The maximum Gasteiger partial charge on any atom is 0.0688 e. The number of benzene rings is 6. The Morgan fingerprint density at radius 2 is 1.45 bits per heavy atom. The Balaban J connectivity index is 0.000000797. The van der Waals surface area contributed by atoms with Crippen molar-refractivity contribution in [3.8, 4) is 11.1 Å². The molecule has 0 heterocycles. The summed E-state index contributed by atoms with van der Waals surface area (Å²) in [4.78, 5) is 2.40. The normalized spacial score (nSPS) is 17.7. The van der Waals surface area contributed by atoms with E-state index in [0.717, 1.165) is 51.3 Å². The lowest BCUT2D eigenvalue weighted by atomic mass is 9.64. The Morgan fingerprint density at radius 1 is 0.776 bits per heavy atom. The molecule has 0 radical (unpaired) electrons. The highest BCUT2D eigenvalue weighted by Gasteiger charge is 2.54. The first-order chi connectivity index (χ1) is 32.6. The number of aryl methyl sites for hydroxylation is 2. The van der Waals surface area contributed by atoms with E-state index < -0.39 is 0 Å². The quantitative estimate of drug-likeness (QED) is 0.128. The molecule has 9 rings (SSSR count). The van der Waals surface area contributed by atoms with Gasteiger partial charge in [0, 0.05) is 23.6 Å². The third kappa shape index (κ3) is 8.74. The number of fused-ring (bicyclic) bond motifs is 6. The van der Waals surface area contributed by atoms with Crippen LogP contribution < -0.4 is 10.6 Å². The summed E-state index contributed by atoms with van der Waals surface area (Å²) >= 11 is 0. The summed E-state index contributed by atoms with van der Waals surface area (Å²) in [5, 5.41) is 9.37. The van der Waals surface area contributed by atoms with E-state index in [0.29, 0.717) is 12.5 Å². The summed E-state index contributed by atoms with van der Waals surface area (Å²) in [6, 6.07) is 51.0. The predicted molar refractivity (Wildman–Crippen MR) is 289 cm³/mol. The number of nitrogens with zero attached hydrogens (tertiary/aromatic N) is 1. The highest BCUT2D eigenvalue weighted by molar-refractivity contribution is 5.98. The molecule has 3 N–H and O–H groups in total. The minimum atomic E-state index is -0.384. The van der Waals surface area contributed by atoms with Gasteiger partial charge < -0.3 is 15.7 Å².